The Balaban J connectivity index is 1.89. The summed E-state index contributed by atoms with van der Waals surface area (Å²) in [5, 5.41) is 0. The summed E-state index contributed by atoms with van der Waals surface area (Å²) in [5.41, 5.74) is 3.77. The Bertz CT molecular complexity index is 507. The summed E-state index contributed by atoms with van der Waals surface area (Å²) in [4.78, 5) is 2.65. The van der Waals surface area contributed by atoms with Gasteiger partial charge in [-0.05, 0) is 88.6 Å². The lowest BCUT2D eigenvalue weighted by Gasteiger charge is -2.49. The van der Waals surface area contributed by atoms with Crippen molar-refractivity contribution in [1.82, 2.24) is 4.90 Å². The maximum atomic E-state index is 5.61. The van der Waals surface area contributed by atoms with E-state index in [1.807, 2.05) is 0 Å². The molecule has 0 aromatic heterocycles. The maximum absolute atomic E-state index is 5.61. The van der Waals surface area contributed by atoms with E-state index in [-0.39, 0.29) is 0 Å². The number of fused-ring (bicyclic) bond motifs is 2. The van der Waals surface area contributed by atoms with E-state index in [0.29, 0.717) is 11.0 Å². The Morgan fingerprint density at radius 1 is 1.10 bits per heavy atom. The van der Waals surface area contributed by atoms with Crippen LogP contribution in [0.5, 0.6) is 5.75 Å². The standard InChI is InChI=1S/C19H29NO/c1-18(2,3)20-13-11-19(12-14-20)10-6-7-15-16(19)8-5-9-17(15)21-4/h5,8-9H,6-7,10-14H2,1-4H3. The largest absolute Gasteiger partial charge is 0.496 e. The molecular formula is C19H29NO. The minimum Gasteiger partial charge on any atom is -0.496 e. The van der Waals surface area contributed by atoms with Crippen LogP contribution >= 0.6 is 0 Å². The van der Waals surface area contributed by atoms with E-state index in [0.717, 1.165) is 5.75 Å². The topological polar surface area (TPSA) is 12.5 Å². The molecule has 0 radical (unpaired) electrons. The number of methoxy groups -OCH3 is 1. The van der Waals surface area contributed by atoms with Gasteiger partial charge in [-0.25, -0.2) is 0 Å². The first-order chi connectivity index (χ1) is 9.96. The van der Waals surface area contributed by atoms with Crippen molar-refractivity contribution in [3.63, 3.8) is 0 Å². The third kappa shape index (κ3) is 2.59. The van der Waals surface area contributed by atoms with Crippen LogP contribution in [0.2, 0.25) is 0 Å². The van der Waals surface area contributed by atoms with Crippen LogP contribution < -0.4 is 4.74 Å². The Morgan fingerprint density at radius 2 is 1.81 bits per heavy atom. The molecule has 0 unspecified atom stereocenters. The fourth-order valence-corrected chi connectivity index (χ4v) is 4.37. The molecule has 2 heteroatoms. The van der Waals surface area contributed by atoms with E-state index in [9.17, 15) is 0 Å². The average molecular weight is 287 g/mol. The highest BCUT2D eigenvalue weighted by Crippen LogP contribution is 2.47. The van der Waals surface area contributed by atoms with Crippen molar-refractivity contribution in [3.8, 4) is 5.75 Å². The minimum atomic E-state index is 0.299. The molecule has 0 N–H and O–H groups in total. The van der Waals surface area contributed by atoms with Crippen LogP contribution in [-0.2, 0) is 11.8 Å². The summed E-state index contributed by atoms with van der Waals surface area (Å²) in [6.45, 7) is 9.45. The van der Waals surface area contributed by atoms with Gasteiger partial charge in [-0.3, -0.25) is 4.90 Å². The molecule has 0 atom stereocenters. The van der Waals surface area contributed by atoms with Gasteiger partial charge in [0.15, 0.2) is 0 Å². The minimum absolute atomic E-state index is 0.299. The Kier molecular flexibility index (Phi) is 3.77. The van der Waals surface area contributed by atoms with Crippen molar-refractivity contribution in [2.45, 2.75) is 63.8 Å². The van der Waals surface area contributed by atoms with E-state index >= 15 is 0 Å². The number of nitrogens with zero attached hydrogens (tertiary/aromatic N) is 1. The van der Waals surface area contributed by atoms with E-state index in [2.05, 4.69) is 43.9 Å². The van der Waals surface area contributed by atoms with Crippen molar-refractivity contribution in [3.05, 3.63) is 29.3 Å². The third-order valence-electron chi connectivity index (χ3n) is 5.68. The number of hydrogen-bond acceptors (Lipinski definition) is 2. The van der Waals surface area contributed by atoms with E-state index in [4.69, 9.17) is 4.74 Å². The number of ether oxygens (including phenoxy) is 1. The van der Waals surface area contributed by atoms with Gasteiger partial charge in [-0.15, -0.1) is 0 Å². The number of rotatable bonds is 1. The normalized spacial score (nSPS) is 22.1. The second-order valence-corrected chi connectivity index (χ2v) is 7.78. The molecule has 2 aliphatic rings. The van der Waals surface area contributed by atoms with Gasteiger partial charge < -0.3 is 4.74 Å². The number of likely N-dealkylation sites (tertiary alicyclic amines) is 1. The molecule has 0 amide bonds. The summed E-state index contributed by atoms with van der Waals surface area (Å²) < 4.78 is 5.61. The summed E-state index contributed by atoms with van der Waals surface area (Å²) in [5.74, 6) is 1.10. The molecular weight excluding hydrogens is 258 g/mol. The van der Waals surface area contributed by atoms with Gasteiger partial charge in [0.2, 0.25) is 0 Å². The van der Waals surface area contributed by atoms with Crippen LogP contribution in [0, 0.1) is 0 Å². The molecule has 0 saturated carbocycles. The van der Waals surface area contributed by atoms with Gasteiger partial charge in [0.1, 0.15) is 5.75 Å². The lowest BCUT2D eigenvalue weighted by atomic mass is 9.64. The molecule has 1 aromatic rings. The molecule has 1 saturated heterocycles. The van der Waals surface area contributed by atoms with Crippen LogP contribution in [0.15, 0.2) is 18.2 Å². The van der Waals surface area contributed by atoms with E-state index in [1.54, 1.807) is 12.7 Å². The maximum Gasteiger partial charge on any atom is 0.122 e. The molecule has 1 heterocycles. The monoisotopic (exact) mass is 287 g/mol. The van der Waals surface area contributed by atoms with Crippen LogP contribution in [0.25, 0.3) is 0 Å². The van der Waals surface area contributed by atoms with Gasteiger partial charge in [-0.2, -0.15) is 0 Å². The lowest BCUT2D eigenvalue weighted by molar-refractivity contribution is 0.0679. The first-order valence-corrected chi connectivity index (χ1v) is 8.38. The van der Waals surface area contributed by atoms with Gasteiger partial charge in [0, 0.05) is 5.54 Å². The van der Waals surface area contributed by atoms with Crippen molar-refractivity contribution in [2.75, 3.05) is 20.2 Å². The molecule has 21 heavy (non-hydrogen) atoms. The van der Waals surface area contributed by atoms with Crippen LogP contribution in [0.3, 0.4) is 0 Å². The van der Waals surface area contributed by atoms with Crippen molar-refractivity contribution >= 4 is 0 Å². The summed E-state index contributed by atoms with van der Waals surface area (Å²) in [6, 6.07) is 6.67. The second-order valence-electron chi connectivity index (χ2n) is 7.78. The zero-order chi connectivity index (χ0) is 15.1. The highest BCUT2D eigenvalue weighted by molar-refractivity contribution is 5.46. The zero-order valence-corrected chi connectivity index (χ0v) is 14.0. The van der Waals surface area contributed by atoms with E-state index < -0.39 is 0 Å². The van der Waals surface area contributed by atoms with Gasteiger partial charge in [-0.1, -0.05) is 12.1 Å². The predicted molar refractivity (Wildman–Crippen MR) is 88.2 cm³/mol. The molecule has 1 aromatic carbocycles. The summed E-state index contributed by atoms with van der Waals surface area (Å²) >= 11 is 0. The Morgan fingerprint density at radius 3 is 2.43 bits per heavy atom. The third-order valence-corrected chi connectivity index (χ3v) is 5.68. The van der Waals surface area contributed by atoms with Crippen molar-refractivity contribution < 1.29 is 4.74 Å². The summed E-state index contributed by atoms with van der Waals surface area (Å²) in [6.07, 6.45) is 6.44. The highest BCUT2D eigenvalue weighted by atomic mass is 16.5. The molecule has 1 aliphatic heterocycles. The molecule has 116 valence electrons. The first-order valence-electron chi connectivity index (χ1n) is 8.38. The SMILES string of the molecule is COc1cccc2c1CCCC21CCN(C(C)(C)C)CC1. The van der Waals surface area contributed by atoms with Crippen molar-refractivity contribution in [2.24, 2.45) is 0 Å². The lowest BCUT2D eigenvalue weighted by Crippen LogP contribution is -2.51. The first kappa shape index (κ1) is 14.9. The molecule has 1 spiro atoms. The Hall–Kier alpha value is -1.02. The van der Waals surface area contributed by atoms with Gasteiger partial charge in [0.25, 0.3) is 0 Å². The fraction of sp³-hybridized carbons (Fsp3) is 0.684. The van der Waals surface area contributed by atoms with Crippen LogP contribution in [0.1, 0.15) is 57.6 Å². The second kappa shape index (κ2) is 5.31. The number of hydrogen-bond donors (Lipinski definition) is 0. The Labute approximate surface area is 129 Å². The zero-order valence-electron chi connectivity index (χ0n) is 14.0. The summed E-state index contributed by atoms with van der Waals surface area (Å²) in [7, 11) is 1.80. The molecule has 0 bridgehead atoms. The van der Waals surface area contributed by atoms with Crippen molar-refractivity contribution in [1.29, 1.82) is 0 Å². The van der Waals surface area contributed by atoms with Gasteiger partial charge >= 0.3 is 0 Å². The molecule has 1 aliphatic carbocycles. The molecule has 3 rings (SSSR count). The fourth-order valence-electron chi connectivity index (χ4n) is 4.37. The molecule has 1 fully saturated rings. The molecule has 2 nitrogen and oxygen atoms in total. The van der Waals surface area contributed by atoms with Crippen LogP contribution in [-0.4, -0.2) is 30.6 Å². The van der Waals surface area contributed by atoms with E-state index in [1.165, 1.54) is 50.8 Å². The quantitative estimate of drug-likeness (QED) is 0.769. The average Bonchev–Trinajstić information content (AvgIpc) is 2.47. The van der Waals surface area contributed by atoms with Gasteiger partial charge in [0.05, 0.1) is 7.11 Å². The predicted octanol–water partition coefficient (Wildman–Crippen LogP) is 4.16. The number of piperidine rings is 1. The highest BCUT2D eigenvalue weighted by Gasteiger charge is 2.41. The smallest absolute Gasteiger partial charge is 0.122 e. The van der Waals surface area contributed by atoms with Crippen LogP contribution in [0.4, 0.5) is 0 Å². The number of benzene rings is 1.